The summed E-state index contributed by atoms with van der Waals surface area (Å²) in [5.74, 6) is -7.78. The average Bonchev–Trinajstić information content (AvgIpc) is 3.88. The molecule has 0 saturated carbocycles. The van der Waals surface area contributed by atoms with Crippen molar-refractivity contribution in [2.75, 3.05) is 25.4 Å². The summed E-state index contributed by atoms with van der Waals surface area (Å²) < 4.78 is 0. The smallest absolute Gasteiger partial charge is 0.303 e. The molecule has 8 amide bonds. The number of carboxylic acids is 1. The minimum atomic E-state index is -1.44. The molecule has 3 fully saturated rings. The lowest BCUT2D eigenvalue weighted by molar-refractivity contribution is -0.145. The lowest BCUT2D eigenvalue weighted by atomic mass is 10.0. The number of nitrogens with one attached hydrogen (secondary N) is 6. The summed E-state index contributed by atoms with van der Waals surface area (Å²) in [6.07, 6.45) is 0.836. The molecule has 0 bridgehead atoms. The molecule has 3 aliphatic heterocycles. The second-order valence-electron chi connectivity index (χ2n) is 16.3. The number of guanidine groups is 1. The van der Waals surface area contributed by atoms with E-state index in [9.17, 15) is 48.3 Å². The fraction of sp³-hybridized carbons (Fsp3) is 0.737. The van der Waals surface area contributed by atoms with Gasteiger partial charge in [-0.05, 0) is 70.1 Å². The number of amides is 8. The minimum absolute atomic E-state index is 0.00717. The van der Waals surface area contributed by atoms with Gasteiger partial charge in [0.25, 0.3) is 0 Å². The topological polar surface area (TPSA) is 317 Å². The van der Waals surface area contributed by atoms with Crippen LogP contribution >= 0.6 is 12.6 Å². The first-order valence-electron chi connectivity index (χ1n) is 20.6. The van der Waals surface area contributed by atoms with Gasteiger partial charge >= 0.3 is 5.97 Å². The normalized spacial score (nSPS) is 28.1. The van der Waals surface area contributed by atoms with Crippen LogP contribution in [0.5, 0.6) is 0 Å². The molecule has 3 aliphatic rings. The van der Waals surface area contributed by atoms with Gasteiger partial charge in [-0.15, -0.1) is 0 Å². The number of nitrogens with zero attached hydrogens (tertiary/aromatic N) is 3. The van der Waals surface area contributed by atoms with Crippen LogP contribution in [0.25, 0.3) is 0 Å². The van der Waals surface area contributed by atoms with Crippen molar-refractivity contribution in [3.63, 3.8) is 0 Å². The third kappa shape index (κ3) is 14.0. The van der Waals surface area contributed by atoms with E-state index in [4.69, 9.17) is 11.5 Å². The van der Waals surface area contributed by atoms with Crippen LogP contribution in [0.1, 0.15) is 92.4 Å². The molecule has 0 aromatic rings. The molecule has 0 unspecified atom stereocenters. The molecule has 3 rings (SSSR count). The maximum absolute atomic E-state index is 14.1. The largest absolute Gasteiger partial charge is 0.481 e. The van der Waals surface area contributed by atoms with E-state index in [0.717, 1.165) is 0 Å². The molecule has 8 atom stereocenters. The van der Waals surface area contributed by atoms with E-state index in [-0.39, 0.29) is 75.8 Å². The Morgan fingerprint density at radius 1 is 0.717 bits per heavy atom. The Bertz CT molecular complexity index is 1640. The van der Waals surface area contributed by atoms with Crippen molar-refractivity contribution in [3.05, 3.63) is 0 Å². The number of hydrogen-bond donors (Lipinski definition) is 10. The van der Waals surface area contributed by atoms with E-state index < -0.39 is 114 Å². The highest BCUT2D eigenvalue weighted by Crippen LogP contribution is 2.23. The highest BCUT2D eigenvalue weighted by molar-refractivity contribution is 7.80. The van der Waals surface area contributed by atoms with E-state index >= 15 is 0 Å². The van der Waals surface area contributed by atoms with Crippen molar-refractivity contribution >= 4 is 71.8 Å². The van der Waals surface area contributed by atoms with Gasteiger partial charge in [-0.25, -0.2) is 0 Å². The summed E-state index contributed by atoms with van der Waals surface area (Å²) in [4.78, 5) is 129. The molecular weight excluding hydrogens is 803 g/mol. The minimum Gasteiger partial charge on any atom is -0.481 e. The average molecular weight is 866 g/mol. The number of nitrogens with two attached hydrogens (primary N) is 2. The maximum Gasteiger partial charge on any atom is 0.303 e. The Morgan fingerprint density at radius 3 is 1.77 bits per heavy atom. The van der Waals surface area contributed by atoms with Crippen molar-refractivity contribution in [2.45, 2.75) is 141 Å². The Labute approximate surface area is 355 Å². The van der Waals surface area contributed by atoms with Crippen molar-refractivity contribution in [3.8, 4) is 0 Å². The predicted molar refractivity (Wildman–Crippen MR) is 222 cm³/mol. The van der Waals surface area contributed by atoms with Crippen LogP contribution in [0.3, 0.4) is 0 Å². The van der Waals surface area contributed by atoms with E-state index in [1.165, 1.54) is 16.7 Å². The second kappa shape index (κ2) is 23.0. The number of aliphatic imine (C=N–C) groups is 1. The molecule has 0 aromatic heterocycles. The Hall–Kier alpha value is -5.15. The SMILES string of the molecule is CC(C)C[C@@H]1NC(=O)[C@@H](CCCN=C(N)N)NC(=O)[C@@H](C)NC(=O)[C@H](CCC(=O)O)NC(=O)[C@@H]2CCCN2C(=O)[C@H](C(C)C)NC(=O)[C@@H]2CCCN2C(=O)[C@@H](CS)NC1=O. The lowest BCUT2D eigenvalue weighted by Gasteiger charge is -2.33. The van der Waals surface area contributed by atoms with Crippen LogP contribution < -0.4 is 43.4 Å². The molecule has 22 heteroatoms. The number of rotatable bonds is 11. The van der Waals surface area contributed by atoms with Gasteiger partial charge in [0.1, 0.15) is 48.3 Å². The van der Waals surface area contributed by atoms with Gasteiger partial charge in [-0.2, -0.15) is 12.6 Å². The summed E-state index contributed by atoms with van der Waals surface area (Å²) in [7, 11) is 0. The van der Waals surface area contributed by atoms with Crippen LogP contribution in [0.15, 0.2) is 4.99 Å². The first-order chi connectivity index (χ1) is 28.2. The summed E-state index contributed by atoms with van der Waals surface area (Å²) in [6, 6.07) is -9.56. The molecule has 0 aliphatic carbocycles. The number of fused-ring (bicyclic) bond motifs is 2. The zero-order chi connectivity index (χ0) is 44.8. The molecule has 0 radical (unpaired) electrons. The van der Waals surface area contributed by atoms with E-state index in [1.54, 1.807) is 13.8 Å². The molecule has 21 nitrogen and oxygen atoms in total. The van der Waals surface area contributed by atoms with Gasteiger partial charge in [0.2, 0.25) is 47.3 Å². The highest BCUT2D eigenvalue weighted by atomic mass is 32.1. The number of aliphatic carboxylic acids is 1. The lowest BCUT2D eigenvalue weighted by Crippen LogP contribution is -2.61. The maximum atomic E-state index is 14.1. The third-order valence-corrected chi connectivity index (χ3v) is 11.0. The molecule has 60 heavy (non-hydrogen) atoms. The van der Waals surface area contributed by atoms with E-state index in [2.05, 4.69) is 49.5 Å². The zero-order valence-corrected chi connectivity index (χ0v) is 35.9. The van der Waals surface area contributed by atoms with Crippen molar-refractivity contribution in [1.29, 1.82) is 0 Å². The Balaban J connectivity index is 2.06. The van der Waals surface area contributed by atoms with Crippen LogP contribution in [0, 0.1) is 11.8 Å². The molecule has 3 heterocycles. The summed E-state index contributed by atoms with van der Waals surface area (Å²) in [5.41, 5.74) is 10.9. The molecule has 11 N–H and O–H groups in total. The van der Waals surface area contributed by atoms with Gasteiger partial charge in [-0.3, -0.25) is 48.1 Å². The van der Waals surface area contributed by atoms with Crippen LogP contribution in [0.2, 0.25) is 0 Å². The number of hydrogen-bond acceptors (Lipinski definition) is 11. The highest BCUT2D eigenvalue weighted by Gasteiger charge is 2.43. The third-order valence-electron chi connectivity index (χ3n) is 10.7. The standard InChI is InChI=1S/C38H63N11O10S/c1-19(2)17-24-33(55)46-25(18-60)36(58)48-15-7-11-27(48)35(57)47-29(20(3)4)37(59)49-16-8-10-26(49)34(56)44-23(12-13-28(50)51)31(53)42-21(5)30(52)43-22(32(54)45-24)9-6-14-41-38(39)40/h19-27,29,60H,6-18H2,1-5H3,(H,42,53)(H,43,52)(H,44,56)(H,45,54)(H,46,55)(H,47,57)(H,50,51)(H4,39,40,41)/t21-,22-,23+,24+,25-,26+,27+,29+/m1/s1. The monoisotopic (exact) mass is 865 g/mol. The Kier molecular flexibility index (Phi) is 18.9. The first-order valence-corrected chi connectivity index (χ1v) is 21.2. The number of carbonyl (C=O) groups excluding carboxylic acids is 8. The molecule has 336 valence electrons. The van der Waals surface area contributed by atoms with Crippen LogP contribution in [0.4, 0.5) is 0 Å². The van der Waals surface area contributed by atoms with Gasteiger partial charge in [0, 0.05) is 31.8 Å². The van der Waals surface area contributed by atoms with E-state index in [0.29, 0.717) is 12.8 Å². The number of carboxylic acid groups (broad SMARTS) is 1. The predicted octanol–water partition coefficient (Wildman–Crippen LogP) is -2.54. The van der Waals surface area contributed by atoms with Crippen LogP contribution in [-0.2, 0) is 43.2 Å². The summed E-state index contributed by atoms with van der Waals surface area (Å²) in [6.45, 7) is 8.86. The fourth-order valence-corrected chi connectivity index (χ4v) is 7.68. The van der Waals surface area contributed by atoms with Crippen LogP contribution in [-0.4, -0.2) is 148 Å². The van der Waals surface area contributed by atoms with Gasteiger partial charge < -0.3 is 58.3 Å². The van der Waals surface area contributed by atoms with Gasteiger partial charge in [0.15, 0.2) is 5.96 Å². The van der Waals surface area contributed by atoms with Gasteiger partial charge in [-0.1, -0.05) is 27.7 Å². The second-order valence-corrected chi connectivity index (χ2v) is 16.6. The van der Waals surface area contributed by atoms with E-state index in [1.807, 2.05) is 13.8 Å². The number of thiol groups is 1. The Morgan fingerprint density at radius 2 is 1.22 bits per heavy atom. The zero-order valence-electron chi connectivity index (χ0n) is 35.0. The quantitative estimate of drug-likeness (QED) is 0.0445. The van der Waals surface area contributed by atoms with Gasteiger partial charge in [0.05, 0.1) is 0 Å². The molecule has 0 spiro atoms. The molecule has 0 aromatic carbocycles. The van der Waals surface area contributed by atoms with Crippen molar-refractivity contribution < 1.29 is 48.3 Å². The summed E-state index contributed by atoms with van der Waals surface area (Å²) >= 11 is 4.34. The fourth-order valence-electron chi connectivity index (χ4n) is 7.43. The number of carbonyl (C=O) groups is 9. The first kappa shape index (κ1) is 49.2. The van der Waals surface area contributed by atoms with Crippen molar-refractivity contribution in [1.82, 2.24) is 41.7 Å². The molecular formula is C38H63N11O10S. The van der Waals surface area contributed by atoms with Crippen molar-refractivity contribution in [2.24, 2.45) is 28.3 Å². The molecule has 3 saturated heterocycles. The summed E-state index contributed by atoms with van der Waals surface area (Å²) in [5, 5.41) is 25.3.